The van der Waals surface area contributed by atoms with Gasteiger partial charge in [-0.2, -0.15) is 26.3 Å². The van der Waals surface area contributed by atoms with Crippen molar-refractivity contribution in [1.29, 1.82) is 0 Å². The van der Waals surface area contributed by atoms with Crippen molar-refractivity contribution in [2.45, 2.75) is 74.9 Å². The van der Waals surface area contributed by atoms with E-state index in [-0.39, 0.29) is 84.6 Å². The first-order chi connectivity index (χ1) is 28.3. The van der Waals surface area contributed by atoms with Gasteiger partial charge in [0.05, 0.1) is 47.0 Å². The molecular weight excluding hydrogens is 875 g/mol. The Morgan fingerprint density at radius 3 is 2.23 bits per heavy atom. The van der Waals surface area contributed by atoms with Crippen molar-refractivity contribution >= 4 is 53.4 Å². The van der Waals surface area contributed by atoms with Crippen LogP contribution in [-0.4, -0.2) is 105 Å². The van der Waals surface area contributed by atoms with Crippen LogP contribution < -0.4 is 0 Å². The minimum Gasteiger partial charge on any atom is -0.466 e. The second-order valence-electron chi connectivity index (χ2n) is 15.6. The van der Waals surface area contributed by atoms with Crippen LogP contribution in [0.25, 0.3) is 0 Å². The van der Waals surface area contributed by atoms with Crippen LogP contribution in [0.3, 0.4) is 0 Å². The van der Waals surface area contributed by atoms with Gasteiger partial charge in [0.1, 0.15) is 12.2 Å². The summed E-state index contributed by atoms with van der Waals surface area (Å²) in [6, 6.07) is 13.9. The molecule has 3 aromatic carbocycles. The van der Waals surface area contributed by atoms with E-state index in [0.29, 0.717) is 82.6 Å². The molecule has 2 aliphatic heterocycles. The molecule has 2 heterocycles. The standard InChI is InChI=1S/C43H47Cl2F6N3O6.ClH/c1-3-58-38(56)9-6-15-52(2)37(55)26-59-36-23-28-7-4-5-8-33(28)40(36)12-16-53(17-13-40)18-14-41(30-10-11-34(44)35(45)25-30)27-54(19-20-60-41)39(57)29-21-31(42(46,47)48)24-32(22-29)43(49,50)51;/h4-5,7-8,10-11,21-22,24-25,36H,3,6,9,12-20,23,26-27H2,1-2H3;1H/t36-,41+;/m0./s1. The van der Waals surface area contributed by atoms with Crippen molar-refractivity contribution in [1.82, 2.24) is 14.7 Å². The maximum atomic E-state index is 13.8. The van der Waals surface area contributed by atoms with E-state index >= 15 is 0 Å². The number of rotatable bonds is 13. The zero-order chi connectivity index (χ0) is 43.5. The van der Waals surface area contributed by atoms with Gasteiger partial charge in [0.15, 0.2) is 0 Å². The van der Waals surface area contributed by atoms with Crippen LogP contribution in [0.5, 0.6) is 0 Å². The molecule has 1 spiro atoms. The van der Waals surface area contributed by atoms with Crippen LogP contribution in [0.15, 0.2) is 60.7 Å². The molecule has 2 amide bonds. The maximum Gasteiger partial charge on any atom is 0.416 e. The molecule has 0 N–H and O–H groups in total. The molecule has 2 atom stereocenters. The summed E-state index contributed by atoms with van der Waals surface area (Å²) >= 11 is 12.7. The molecule has 1 aliphatic carbocycles. The Morgan fingerprint density at radius 1 is 0.918 bits per heavy atom. The van der Waals surface area contributed by atoms with Gasteiger partial charge in [0.2, 0.25) is 5.91 Å². The highest BCUT2D eigenvalue weighted by Crippen LogP contribution is 2.48. The summed E-state index contributed by atoms with van der Waals surface area (Å²) in [5.74, 6) is -1.49. The van der Waals surface area contributed by atoms with Crippen LogP contribution in [0.4, 0.5) is 26.3 Å². The van der Waals surface area contributed by atoms with E-state index in [1.807, 2.05) is 12.1 Å². The number of benzene rings is 3. The highest BCUT2D eigenvalue weighted by molar-refractivity contribution is 6.42. The summed E-state index contributed by atoms with van der Waals surface area (Å²) < 4.78 is 100. The molecule has 0 unspecified atom stereocenters. The van der Waals surface area contributed by atoms with Gasteiger partial charge >= 0.3 is 18.3 Å². The zero-order valence-electron chi connectivity index (χ0n) is 33.7. The SMILES string of the molecule is CCOC(=O)CCCN(C)C(=O)CO[C@H]1Cc2ccccc2C12CCN(CC[C@]1(c3ccc(Cl)c(Cl)c3)CN(C(=O)c3cc(C(F)(F)F)cc(C(F)(F)F)c3)CCO1)CC2.Cl. The monoisotopic (exact) mass is 921 g/mol. The summed E-state index contributed by atoms with van der Waals surface area (Å²) in [6.45, 7) is 3.76. The molecule has 0 aromatic heterocycles. The minimum atomic E-state index is -5.12. The number of esters is 1. The summed E-state index contributed by atoms with van der Waals surface area (Å²) in [4.78, 5) is 43.7. The Morgan fingerprint density at radius 2 is 1.59 bits per heavy atom. The van der Waals surface area contributed by atoms with Crippen molar-refractivity contribution in [2.24, 2.45) is 0 Å². The molecule has 0 saturated carbocycles. The maximum absolute atomic E-state index is 13.8. The first-order valence-electron chi connectivity index (χ1n) is 19.9. The van der Waals surface area contributed by atoms with Crippen LogP contribution in [-0.2, 0) is 53.6 Å². The highest BCUT2D eigenvalue weighted by Gasteiger charge is 2.50. The van der Waals surface area contributed by atoms with E-state index in [2.05, 4.69) is 17.0 Å². The Labute approximate surface area is 367 Å². The van der Waals surface area contributed by atoms with E-state index < -0.39 is 40.6 Å². The van der Waals surface area contributed by atoms with E-state index in [0.717, 1.165) is 5.56 Å². The second kappa shape index (κ2) is 19.8. The van der Waals surface area contributed by atoms with Crippen LogP contribution >= 0.6 is 35.6 Å². The number of carbonyl (C=O) groups excluding carboxylic acids is 3. The topological polar surface area (TPSA) is 88.6 Å². The summed E-state index contributed by atoms with van der Waals surface area (Å²) in [5, 5.41) is 0.473. The minimum absolute atomic E-state index is 0. The molecule has 6 rings (SSSR count). The number of likely N-dealkylation sites (tertiary alicyclic amines) is 1. The number of piperidine rings is 1. The molecule has 2 saturated heterocycles. The zero-order valence-corrected chi connectivity index (χ0v) is 36.0. The van der Waals surface area contributed by atoms with Gasteiger partial charge in [-0.1, -0.05) is 53.5 Å². The molecule has 61 heavy (non-hydrogen) atoms. The number of hydrogen-bond donors (Lipinski definition) is 0. The number of alkyl halides is 6. The number of ether oxygens (including phenoxy) is 3. The van der Waals surface area contributed by atoms with E-state index in [1.54, 1.807) is 37.1 Å². The number of hydrogen-bond acceptors (Lipinski definition) is 7. The van der Waals surface area contributed by atoms with Crippen molar-refractivity contribution in [3.05, 3.63) is 104 Å². The smallest absolute Gasteiger partial charge is 0.416 e. The molecule has 9 nitrogen and oxygen atoms in total. The lowest BCUT2D eigenvalue weighted by molar-refractivity contribution is -0.144. The number of fused-ring (bicyclic) bond motifs is 2. The number of nitrogens with zero attached hydrogens (tertiary/aromatic N) is 3. The Kier molecular flexibility index (Phi) is 15.8. The first kappa shape index (κ1) is 48.4. The quantitative estimate of drug-likeness (QED) is 0.125. The van der Waals surface area contributed by atoms with Crippen molar-refractivity contribution in [3.63, 3.8) is 0 Å². The highest BCUT2D eigenvalue weighted by atomic mass is 35.5. The fourth-order valence-electron chi connectivity index (χ4n) is 8.65. The predicted molar refractivity (Wildman–Crippen MR) is 219 cm³/mol. The summed E-state index contributed by atoms with van der Waals surface area (Å²) in [7, 11) is 1.68. The average Bonchev–Trinajstić information content (AvgIpc) is 3.51. The van der Waals surface area contributed by atoms with Gasteiger partial charge in [-0.25, -0.2) is 0 Å². The van der Waals surface area contributed by atoms with Gasteiger partial charge in [0.25, 0.3) is 5.91 Å². The van der Waals surface area contributed by atoms with Crippen LogP contribution in [0.1, 0.15) is 77.2 Å². The molecule has 0 bridgehead atoms. The van der Waals surface area contributed by atoms with Crippen molar-refractivity contribution in [2.75, 3.05) is 66.1 Å². The number of morpholine rings is 1. The summed E-state index contributed by atoms with van der Waals surface area (Å²) in [5.41, 5.74) is -2.59. The molecule has 18 heteroatoms. The average molecular weight is 923 g/mol. The molecule has 0 radical (unpaired) electrons. The van der Waals surface area contributed by atoms with Gasteiger partial charge in [-0.15, -0.1) is 12.4 Å². The largest absolute Gasteiger partial charge is 0.466 e. The lowest BCUT2D eigenvalue weighted by Crippen LogP contribution is -2.54. The normalized spacial score (nSPS) is 20.2. The van der Waals surface area contributed by atoms with E-state index in [1.165, 1.54) is 10.5 Å². The molecule has 2 fully saturated rings. The fourth-order valence-corrected chi connectivity index (χ4v) is 8.94. The third-order valence-electron chi connectivity index (χ3n) is 11.9. The number of likely N-dealkylation sites (N-methyl/N-ethyl adjacent to an activating group) is 1. The van der Waals surface area contributed by atoms with Gasteiger partial charge in [0, 0.05) is 44.1 Å². The number of carbonyl (C=O) groups is 3. The van der Waals surface area contributed by atoms with E-state index in [4.69, 9.17) is 37.4 Å². The fraction of sp³-hybridized carbons (Fsp3) is 0.512. The van der Waals surface area contributed by atoms with Crippen molar-refractivity contribution < 1.29 is 54.9 Å². The van der Waals surface area contributed by atoms with Gasteiger partial charge in [-0.3, -0.25) is 14.4 Å². The predicted octanol–water partition coefficient (Wildman–Crippen LogP) is 8.99. The lowest BCUT2D eigenvalue weighted by Gasteiger charge is -2.46. The van der Waals surface area contributed by atoms with Crippen LogP contribution in [0.2, 0.25) is 10.0 Å². The molecule has 3 aliphatic rings. The molecule has 334 valence electrons. The molecule has 3 aromatic rings. The Hall–Kier alpha value is -3.60. The van der Waals surface area contributed by atoms with Crippen molar-refractivity contribution in [3.8, 4) is 0 Å². The Balaban J connectivity index is 0.00000704. The van der Waals surface area contributed by atoms with Crippen LogP contribution in [0, 0.1) is 0 Å². The summed E-state index contributed by atoms with van der Waals surface area (Å²) in [6.07, 6.45) is -7.45. The van der Waals surface area contributed by atoms with Gasteiger partial charge in [-0.05, 0) is 99.1 Å². The Bertz CT molecular complexity index is 2010. The van der Waals surface area contributed by atoms with Gasteiger partial charge < -0.3 is 28.9 Å². The first-order valence-corrected chi connectivity index (χ1v) is 20.6. The number of halogens is 9. The lowest BCUT2D eigenvalue weighted by atomic mass is 9.72. The van der Waals surface area contributed by atoms with E-state index in [9.17, 15) is 40.7 Å². The second-order valence-corrected chi connectivity index (χ2v) is 16.4. The molecular formula is C43H48Cl3F6N3O6. The number of amides is 2. The third kappa shape index (κ3) is 11.1. The third-order valence-corrected chi connectivity index (χ3v) is 12.7.